The van der Waals surface area contributed by atoms with Crippen molar-refractivity contribution in [2.75, 3.05) is 18.6 Å². The zero-order valence-electron chi connectivity index (χ0n) is 19.1. The third-order valence-electron chi connectivity index (χ3n) is 5.71. The molecule has 0 radical (unpaired) electrons. The summed E-state index contributed by atoms with van der Waals surface area (Å²) in [4.78, 5) is 27.8. The average molecular weight is 470 g/mol. The number of benzene rings is 1. The van der Waals surface area contributed by atoms with Crippen LogP contribution in [0.4, 0.5) is 13.6 Å². The molecule has 0 atom stereocenters. The number of aromatic nitrogens is 1. The van der Waals surface area contributed by atoms with Crippen molar-refractivity contribution in [1.82, 2.24) is 9.58 Å². The predicted octanol–water partition coefficient (Wildman–Crippen LogP) is 5.84. The van der Waals surface area contributed by atoms with Gasteiger partial charge in [0, 0.05) is 44.1 Å². The summed E-state index contributed by atoms with van der Waals surface area (Å²) in [5, 5.41) is 2.27. The van der Waals surface area contributed by atoms with E-state index < -0.39 is 17.6 Å². The van der Waals surface area contributed by atoms with Crippen LogP contribution in [0.25, 0.3) is 10.9 Å². The van der Waals surface area contributed by atoms with Crippen molar-refractivity contribution in [3.8, 4) is 0 Å². The van der Waals surface area contributed by atoms with E-state index in [0.29, 0.717) is 28.0 Å². The first kappa shape index (κ1) is 24.3. The first-order chi connectivity index (χ1) is 14.8. The summed E-state index contributed by atoms with van der Waals surface area (Å²) in [6.07, 6.45) is 1.01. The van der Waals surface area contributed by atoms with Crippen molar-refractivity contribution in [3.63, 3.8) is 0 Å². The van der Waals surface area contributed by atoms with Gasteiger partial charge in [0.15, 0.2) is 0 Å². The van der Waals surface area contributed by atoms with Crippen LogP contribution in [-0.4, -0.2) is 52.7 Å². The number of hydrogen-bond donors (Lipinski definition) is 0. The van der Waals surface area contributed by atoms with Crippen LogP contribution in [0.5, 0.6) is 0 Å². The second kappa shape index (κ2) is 8.89. The lowest BCUT2D eigenvalue weighted by molar-refractivity contribution is -0.0490. The number of amides is 2. The molecule has 3 rings (SSSR count). The fourth-order valence-electron chi connectivity index (χ4n) is 4.04. The van der Waals surface area contributed by atoms with Crippen molar-refractivity contribution in [1.29, 1.82) is 0 Å². The fourth-order valence-corrected chi connectivity index (χ4v) is 4.31. The van der Waals surface area contributed by atoms with Crippen LogP contribution in [0.3, 0.4) is 0 Å². The Bertz CT molecular complexity index is 1010. The molecule has 0 saturated heterocycles. The second-order valence-electron chi connectivity index (χ2n) is 9.22. The monoisotopic (exact) mass is 469 g/mol. The summed E-state index contributed by atoms with van der Waals surface area (Å²) in [5.74, 6) is -2.99. The van der Waals surface area contributed by atoms with E-state index in [1.165, 1.54) is 9.91 Å². The molecule has 6 nitrogen and oxygen atoms in total. The van der Waals surface area contributed by atoms with Crippen LogP contribution in [0.1, 0.15) is 63.7 Å². The van der Waals surface area contributed by atoms with Crippen LogP contribution in [0.2, 0.25) is 5.02 Å². The van der Waals surface area contributed by atoms with Gasteiger partial charge < -0.3 is 9.64 Å². The fraction of sp³-hybridized carbons (Fsp3) is 0.565. The summed E-state index contributed by atoms with van der Waals surface area (Å²) in [7, 11) is 1.63. The Morgan fingerprint density at radius 2 is 1.88 bits per heavy atom. The van der Waals surface area contributed by atoms with E-state index in [0.717, 1.165) is 0 Å². The molecule has 1 fully saturated rings. The molecule has 1 saturated carbocycles. The van der Waals surface area contributed by atoms with E-state index in [1.54, 1.807) is 63.8 Å². The van der Waals surface area contributed by atoms with Gasteiger partial charge in [0.05, 0.1) is 16.1 Å². The number of hydrogen-bond acceptors (Lipinski definition) is 3. The van der Waals surface area contributed by atoms with Gasteiger partial charge in [0.2, 0.25) is 5.92 Å². The van der Waals surface area contributed by atoms with Gasteiger partial charge in [-0.15, -0.1) is 0 Å². The van der Waals surface area contributed by atoms with Gasteiger partial charge in [-0.3, -0.25) is 9.47 Å². The summed E-state index contributed by atoms with van der Waals surface area (Å²) >= 11 is 6.46. The van der Waals surface area contributed by atoms with Crippen LogP contribution in [0.15, 0.2) is 24.4 Å². The zero-order valence-corrected chi connectivity index (χ0v) is 19.9. The van der Waals surface area contributed by atoms with Crippen molar-refractivity contribution in [2.24, 2.45) is 0 Å². The molecule has 1 aliphatic carbocycles. The summed E-state index contributed by atoms with van der Waals surface area (Å²) in [6, 6.07) is 4.91. The number of fused-ring (bicyclic) bond motifs is 1. The van der Waals surface area contributed by atoms with Gasteiger partial charge in [-0.2, -0.15) is 0 Å². The largest absolute Gasteiger partial charge is 0.442 e. The normalized spacial score (nSPS) is 16.8. The highest BCUT2D eigenvalue weighted by Crippen LogP contribution is 2.36. The number of alkyl halides is 2. The Balaban J connectivity index is 1.99. The van der Waals surface area contributed by atoms with E-state index in [4.69, 9.17) is 16.3 Å². The SMILES string of the molecule is CCN(C(=O)OC(C)(C)C)n1cc(C(=O)N(C)C2CCC(F)(F)CC2)c2c(Cl)cccc21. The molecule has 176 valence electrons. The van der Waals surface area contributed by atoms with Gasteiger partial charge in [-0.05, 0) is 52.7 Å². The molecule has 1 heterocycles. The topological polar surface area (TPSA) is 54.8 Å². The number of carbonyl (C=O) groups is 2. The quantitative estimate of drug-likeness (QED) is 0.565. The highest BCUT2D eigenvalue weighted by molar-refractivity contribution is 6.37. The molecule has 0 spiro atoms. The van der Waals surface area contributed by atoms with E-state index >= 15 is 0 Å². The summed E-state index contributed by atoms with van der Waals surface area (Å²) in [6.45, 7) is 7.44. The zero-order chi connectivity index (χ0) is 23.8. The molecule has 0 aliphatic heterocycles. The van der Waals surface area contributed by atoms with Crippen LogP contribution in [-0.2, 0) is 4.74 Å². The summed E-state index contributed by atoms with van der Waals surface area (Å²) < 4.78 is 34.3. The lowest BCUT2D eigenvalue weighted by Gasteiger charge is -2.34. The molecular formula is C23H30ClF2N3O3. The number of nitrogens with zero attached hydrogens (tertiary/aromatic N) is 3. The minimum absolute atomic E-state index is 0.236. The minimum atomic E-state index is -2.67. The number of ether oxygens (including phenoxy) is 1. The van der Waals surface area contributed by atoms with Gasteiger partial charge in [0.25, 0.3) is 5.91 Å². The first-order valence-electron chi connectivity index (χ1n) is 10.8. The Morgan fingerprint density at radius 1 is 1.25 bits per heavy atom. The van der Waals surface area contributed by atoms with Gasteiger partial charge in [0.1, 0.15) is 5.60 Å². The molecule has 32 heavy (non-hydrogen) atoms. The third-order valence-corrected chi connectivity index (χ3v) is 6.02. The molecule has 2 aromatic rings. The average Bonchev–Trinajstić information content (AvgIpc) is 3.07. The first-order valence-corrected chi connectivity index (χ1v) is 11.2. The second-order valence-corrected chi connectivity index (χ2v) is 9.63. The number of halogens is 3. The third kappa shape index (κ3) is 5.00. The summed E-state index contributed by atoms with van der Waals surface area (Å²) in [5.41, 5.74) is 0.206. The number of carbonyl (C=O) groups excluding carboxylic acids is 2. The molecule has 0 N–H and O–H groups in total. The van der Waals surface area contributed by atoms with E-state index in [-0.39, 0.29) is 37.6 Å². The molecule has 1 aliphatic rings. The van der Waals surface area contributed by atoms with E-state index in [2.05, 4.69) is 0 Å². The highest BCUT2D eigenvalue weighted by Gasteiger charge is 2.38. The Kier molecular flexibility index (Phi) is 6.75. The molecule has 0 bridgehead atoms. The van der Waals surface area contributed by atoms with Gasteiger partial charge >= 0.3 is 6.09 Å². The minimum Gasteiger partial charge on any atom is -0.442 e. The Labute approximate surface area is 192 Å². The lowest BCUT2D eigenvalue weighted by Crippen LogP contribution is -2.43. The molecule has 1 aromatic heterocycles. The Hall–Kier alpha value is -2.35. The van der Waals surface area contributed by atoms with Crippen LogP contribution >= 0.6 is 11.6 Å². The van der Waals surface area contributed by atoms with E-state index in [9.17, 15) is 18.4 Å². The maximum Gasteiger partial charge on any atom is 0.429 e. The van der Waals surface area contributed by atoms with Crippen LogP contribution in [0, 0.1) is 0 Å². The van der Waals surface area contributed by atoms with E-state index in [1.807, 2.05) is 0 Å². The highest BCUT2D eigenvalue weighted by atomic mass is 35.5. The molecule has 0 unspecified atom stereocenters. The smallest absolute Gasteiger partial charge is 0.429 e. The Morgan fingerprint density at radius 3 is 2.44 bits per heavy atom. The molecule has 9 heteroatoms. The lowest BCUT2D eigenvalue weighted by atomic mass is 9.91. The van der Waals surface area contributed by atoms with Crippen molar-refractivity contribution < 1.29 is 23.1 Å². The number of rotatable bonds is 4. The van der Waals surface area contributed by atoms with Crippen LogP contribution < -0.4 is 5.01 Å². The van der Waals surface area contributed by atoms with Gasteiger partial charge in [-0.25, -0.2) is 18.6 Å². The van der Waals surface area contributed by atoms with Crippen molar-refractivity contribution in [2.45, 2.75) is 70.9 Å². The maximum atomic E-state index is 13.6. The maximum absolute atomic E-state index is 13.6. The molecule has 2 amide bonds. The standard InChI is InChI=1S/C23H30ClF2N3O3/c1-6-28(21(31)32-22(2,3)4)29-14-16(19-17(24)8-7-9-18(19)29)20(30)27(5)15-10-12-23(25,26)13-11-15/h7-9,14-15H,6,10-13H2,1-5H3. The van der Waals surface area contributed by atoms with Crippen molar-refractivity contribution in [3.05, 3.63) is 35.0 Å². The molecule has 1 aromatic carbocycles. The predicted molar refractivity (Wildman–Crippen MR) is 121 cm³/mol. The molecular weight excluding hydrogens is 440 g/mol. The van der Waals surface area contributed by atoms with Gasteiger partial charge in [-0.1, -0.05) is 17.7 Å². The van der Waals surface area contributed by atoms with Crippen molar-refractivity contribution >= 4 is 34.5 Å².